The van der Waals surface area contributed by atoms with Crippen LogP contribution in [0, 0.1) is 6.92 Å². The fraction of sp³-hybridized carbons (Fsp3) is 0.833. The van der Waals surface area contributed by atoms with Crippen LogP contribution >= 0.6 is 8.25 Å². The third-order valence-corrected chi connectivity index (χ3v) is 1.50. The van der Waals surface area contributed by atoms with Crippen molar-refractivity contribution in [2.24, 2.45) is 0 Å². The second kappa shape index (κ2) is 7.13. The fourth-order valence-electron chi connectivity index (χ4n) is 0.598. The average Bonchev–Trinajstić information content (AvgIpc) is 1.87. The number of hydrogen-bond donors (Lipinski definition) is 1. The maximum absolute atomic E-state index is 9.95. The van der Waals surface area contributed by atoms with Crippen LogP contribution in [0.3, 0.4) is 0 Å². The molecule has 0 aliphatic heterocycles. The predicted molar refractivity (Wildman–Crippen MR) is 39.6 cm³/mol. The van der Waals surface area contributed by atoms with Crippen LogP contribution in [0.4, 0.5) is 0 Å². The second-order valence-electron chi connectivity index (χ2n) is 1.99. The first-order valence-electron chi connectivity index (χ1n) is 3.35. The van der Waals surface area contributed by atoms with Crippen LogP contribution in [0.2, 0.25) is 0 Å². The van der Waals surface area contributed by atoms with Gasteiger partial charge in [-0.3, -0.25) is 9.42 Å². The molecule has 0 aromatic rings. The Kier molecular flexibility index (Phi) is 7.15. The van der Waals surface area contributed by atoms with Gasteiger partial charge in [-0.25, -0.2) is 4.57 Å². The number of rotatable bonds is 6. The largest absolute Gasteiger partial charge is 0.366 e. The molecule has 2 radical (unpaired) electrons. The van der Waals surface area contributed by atoms with Crippen molar-refractivity contribution < 1.29 is 14.0 Å². The minimum absolute atomic E-state index is 0.381. The molecule has 0 aliphatic carbocycles. The molecule has 0 heterocycles. The van der Waals surface area contributed by atoms with E-state index in [0.29, 0.717) is 6.61 Å². The maximum atomic E-state index is 9.95. The predicted octanol–water partition coefficient (Wildman–Crippen LogP) is 2.05. The van der Waals surface area contributed by atoms with Gasteiger partial charge in [0.1, 0.15) is 0 Å². The zero-order valence-electron chi connectivity index (χ0n) is 5.95. The summed E-state index contributed by atoms with van der Waals surface area (Å²) in [6.45, 7) is 4.05. The van der Waals surface area contributed by atoms with E-state index in [4.69, 9.17) is 4.89 Å². The van der Waals surface area contributed by atoms with E-state index >= 15 is 0 Å². The van der Waals surface area contributed by atoms with Crippen LogP contribution in [0.5, 0.6) is 0 Å². The van der Waals surface area contributed by atoms with E-state index in [1.54, 1.807) is 0 Å². The minimum Gasteiger partial charge on any atom is -0.298 e. The summed E-state index contributed by atoms with van der Waals surface area (Å²) in [7, 11) is -2.39. The van der Waals surface area contributed by atoms with Crippen molar-refractivity contribution in [1.29, 1.82) is 0 Å². The molecule has 0 rings (SSSR count). The Morgan fingerprint density at radius 1 is 1.40 bits per heavy atom. The summed E-state index contributed by atoms with van der Waals surface area (Å²) < 4.78 is 14.4. The van der Waals surface area contributed by atoms with Crippen molar-refractivity contribution in [3.63, 3.8) is 0 Å². The summed E-state index contributed by atoms with van der Waals surface area (Å²) in [5.41, 5.74) is 0. The number of hydrogen-bond acceptors (Lipinski definition) is 2. The standard InChI is InChI=1S/C6H13O3P/c1-2-3-4-5-6-9-10(7)8/h1-6H2,(H,7,8). The molecule has 10 heavy (non-hydrogen) atoms. The van der Waals surface area contributed by atoms with Crippen LogP contribution in [0.15, 0.2) is 0 Å². The summed E-state index contributed by atoms with van der Waals surface area (Å²) in [6, 6.07) is 0. The first-order valence-corrected chi connectivity index (χ1v) is 4.48. The molecular formula is C6H13O3P. The average molecular weight is 164 g/mol. The Hall–Kier alpha value is 0.0200. The Morgan fingerprint density at radius 3 is 2.60 bits per heavy atom. The SMILES string of the molecule is [CH2]CCCCCO[P](=O)O. The van der Waals surface area contributed by atoms with E-state index in [1.807, 2.05) is 0 Å². The summed E-state index contributed by atoms with van der Waals surface area (Å²) >= 11 is 0. The Bertz CT molecular complexity index is 95.0. The summed E-state index contributed by atoms with van der Waals surface area (Å²) in [5, 5.41) is 0. The van der Waals surface area contributed by atoms with Crippen molar-refractivity contribution in [2.45, 2.75) is 25.7 Å². The highest BCUT2D eigenvalue weighted by atomic mass is 31.1. The molecule has 4 heteroatoms. The number of unbranched alkanes of at least 4 members (excludes halogenated alkanes) is 3. The van der Waals surface area contributed by atoms with Gasteiger partial charge in [-0.15, -0.1) is 0 Å². The van der Waals surface area contributed by atoms with E-state index in [9.17, 15) is 4.57 Å². The molecule has 3 nitrogen and oxygen atoms in total. The molecule has 0 fully saturated rings. The van der Waals surface area contributed by atoms with Gasteiger partial charge in [0.2, 0.25) is 0 Å². The highest BCUT2D eigenvalue weighted by Crippen LogP contribution is 2.14. The monoisotopic (exact) mass is 164 g/mol. The highest BCUT2D eigenvalue weighted by molar-refractivity contribution is 7.32. The lowest BCUT2D eigenvalue weighted by Gasteiger charge is -1.96. The second-order valence-corrected chi connectivity index (χ2v) is 2.72. The molecular weight excluding hydrogens is 151 g/mol. The van der Waals surface area contributed by atoms with Gasteiger partial charge in [0.25, 0.3) is 0 Å². The van der Waals surface area contributed by atoms with Gasteiger partial charge in [-0.2, -0.15) is 0 Å². The third-order valence-electron chi connectivity index (χ3n) is 1.10. The van der Waals surface area contributed by atoms with Gasteiger partial charge in [0.15, 0.2) is 0 Å². The van der Waals surface area contributed by atoms with E-state index in [2.05, 4.69) is 11.4 Å². The molecule has 0 bridgehead atoms. The lowest BCUT2D eigenvalue weighted by molar-refractivity contribution is 0.274. The molecule has 1 N–H and O–H groups in total. The van der Waals surface area contributed by atoms with E-state index in [-0.39, 0.29) is 0 Å². The molecule has 0 amide bonds. The fourth-order valence-corrected chi connectivity index (χ4v) is 0.884. The third kappa shape index (κ3) is 8.02. The van der Waals surface area contributed by atoms with Gasteiger partial charge < -0.3 is 0 Å². The van der Waals surface area contributed by atoms with E-state index in [1.165, 1.54) is 0 Å². The van der Waals surface area contributed by atoms with E-state index < -0.39 is 8.25 Å². The van der Waals surface area contributed by atoms with Crippen molar-refractivity contribution in [1.82, 2.24) is 0 Å². The molecule has 0 saturated carbocycles. The molecule has 0 spiro atoms. The highest BCUT2D eigenvalue weighted by Gasteiger charge is 1.92. The molecule has 0 saturated heterocycles. The summed E-state index contributed by atoms with van der Waals surface area (Å²) in [5.74, 6) is 0. The van der Waals surface area contributed by atoms with Crippen LogP contribution in [0.25, 0.3) is 0 Å². The van der Waals surface area contributed by atoms with Crippen molar-refractivity contribution >= 4 is 8.25 Å². The van der Waals surface area contributed by atoms with Gasteiger partial charge in [0, 0.05) is 0 Å². The van der Waals surface area contributed by atoms with Crippen LogP contribution in [-0.2, 0) is 9.09 Å². The van der Waals surface area contributed by atoms with Crippen molar-refractivity contribution in [3.05, 3.63) is 6.92 Å². The lowest BCUT2D eigenvalue weighted by atomic mass is 10.2. The summed E-state index contributed by atoms with van der Waals surface area (Å²) in [6.07, 6.45) is 3.85. The van der Waals surface area contributed by atoms with Crippen LogP contribution in [-0.4, -0.2) is 11.5 Å². The smallest absolute Gasteiger partial charge is 0.298 e. The Morgan fingerprint density at radius 2 is 2.10 bits per heavy atom. The topological polar surface area (TPSA) is 46.5 Å². The van der Waals surface area contributed by atoms with Gasteiger partial charge >= 0.3 is 8.25 Å². The molecule has 1 atom stereocenters. The zero-order chi connectivity index (χ0) is 7.82. The van der Waals surface area contributed by atoms with Gasteiger partial charge in [-0.05, 0) is 6.42 Å². The lowest BCUT2D eigenvalue weighted by Crippen LogP contribution is -1.85. The molecule has 60 valence electrons. The van der Waals surface area contributed by atoms with Crippen LogP contribution in [0.1, 0.15) is 25.7 Å². The van der Waals surface area contributed by atoms with Crippen molar-refractivity contribution in [3.8, 4) is 0 Å². The molecule has 0 aromatic heterocycles. The van der Waals surface area contributed by atoms with Crippen molar-refractivity contribution in [2.75, 3.05) is 6.61 Å². The van der Waals surface area contributed by atoms with E-state index in [0.717, 1.165) is 25.7 Å². The molecule has 1 unspecified atom stereocenters. The Balaban J connectivity index is 2.84. The normalized spacial score (nSPS) is 11.6. The van der Waals surface area contributed by atoms with Gasteiger partial charge in [-0.1, -0.05) is 26.2 Å². The molecule has 0 aromatic carbocycles. The summed E-state index contributed by atoms with van der Waals surface area (Å²) in [4.78, 5) is 8.18. The quantitative estimate of drug-likeness (QED) is 0.482. The maximum Gasteiger partial charge on any atom is 0.366 e. The molecule has 0 aliphatic rings. The zero-order valence-corrected chi connectivity index (χ0v) is 6.85. The Labute approximate surface area is 62.3 Å². The first-order chi connectivity index (χ1) is 4.77. The first kappa shape index (κ1) is 10.0. The van der Waals surface area contributed by atoms with Gasteiger partial charge in [0.05, 0.1) is 6.61 Å². The minimum atomic E-state index is -2.39. The van der Waals surface area contributed by atoms with Crippen LogP contribution < -0.4 is 0 Å².